The first-order valence-electron chi connectivity index (χ1n) is 14.3. The standard InChI is InChI=1S/C32H37N5O2S2/c1-24-13-15-27(16-14-24)37-29(21-26-9-4-3-5-10-26)33-34-32(37)41-19-7-6-12-30(38)35-17-18-36(25(2)23-35)31(39)22-28-11-8-20-40-28/h3-5,8-11,13-16,20,25H,6-7,12,17-19,21-23H2,1-2H3. The molecule has 2 aromatic carbocycles. The van der Waals surface area contributed by atoms with Crippen molar-refractivity contribution in [1.29, 1.82) is 0 Å². The molecular weight excluding hydrogens is 551 g/mol. The van der Waals surface area contributed by atoms with Crippen LogP contribution in [0.1, 0.15) is 48.0 Å². The molecule has 1 atom stereocenters. The second kappa shape index (κ2) is 14.0. The highest BCUT2D eigenvalue weighted by molar-refractivity contribution is 7.99. The van der Waals surface area contributed by atoms with Gasteiger partial charge in [-0.2, -0.15) is 0 Å². The molecule has 0 aliphatic carbocycles. The Bertz CT molecular complexity index is 1420. The molecular formula is C32H37N5O2S2. The number of amides is 2. The Morgan fingerprint density at radius 1 is 0.951 bits per heavy atom. The molecule has 1 saturated heterocycles. The molecule has 41 heavy (non-hydrogen) atoms. The van der Waals surface area contributed by atoms with Gasteiger partial charge in [-0.15, -0.1) is 21.5 Å². The minimum absolute atomic E-state index is 0.0361. The van der Waals surface area contributed by atoms with Gasteiger partial charge in [-0.1, -0.05) is 65.9 Å². The molecule has 0 bridgehead atoms. The fourth-order valence-electron chi connectivity index (χ4n) is 5.16. The van der Waals surface area contributed by atoms with Gasteiger partial charge in [-0.05, 0) is 55.8 Å². The summed E-state index contributed by atoms with van der Waals surface area (Å²) >= 11 is 3.30. The Morgan fingerprint density at radius 2 is 1.76 bits per heavy atom. The van der Waals surface area contributed by atoms with Gasteiger partial charge in [-0.25, -0.2) is 0 Å². The van der Waals surface area contributed by atoms with Gasteiger partial charge in [0.2, 0.25) is 11.8 Å². The van der Waals surface area contributed by atoms with Gasteiger partial charge in [0.05, 0.1) is 6.42 Å². The zero-order chi connectivity index (χ0) is 28.6. The van der Waals surface area contributed by atoms with E-state index in [0.29, 0.717) is 38.9 Å². The number of thiophene rings is 1. The molecule has 3 heterocycles. The number of piperazine rings is 1. The first kappa shape index (κ1) is 29.1. The minimum atomic E-state index is 0.0361. The molecule has 1 aliphatic rings. The molecule has 0 radical (unpaired) electrons. The van der Waals surface area contributed by atoms with Crippen molar-refractivity contribution in [3.63, 3.8) is 0 Å². The highest BCUT2D eigenvalue weighted by Crippen LogP contribution is 2.25. The van der Waals surface area contributed by atoms with E-state index in [9.17, 15) is 9.59 Å². The Hall–Kier alpha value is -3.43. The second-order valence-electron chi connectivity index (χ2n) is 10.6. The van der Waals surface area contributed by atoms with E-state index < -0.39 is 0 Å². The number of hydrogen-bond donors (Lipinski definition) is 0. The maximum atomic E-state index is 12.9. The molecule has 7 nitrogen and oxygen atoms in total. The zero-order valence-corrected chi connectivity index (χ0v) is 25.4. The third-order valence-corrected chi connectivity index (χ3v) is 9.31. The van der Waals surface area contributed by atoms with Crippen molar-refractivity contribution in [1.82, 2.24) is 24.6 Å². The van der Waals surface area contributed by atoms with Crippen LogP contribution in [-0.2, 0) is 22.4 Å². The lowest BCUT2D eigenvalue weighted by atomic mass is 10.1. The van der Waals surface area contributed by atoms with E-state index in [4.69, 9.17) is 0 Å². The number of carbonyl (C=O) groups excluding carboxylic acids is 2. The average Bonchev–Trinajstić information content (AvgIpc) is 3.63. The van der Waals surface area contributed by atoms with E-state index >= 15 is 0 Å². The Balaban J connectivity index is 1.10. The van der Waals surface area contributed by atoms with Crippen LogP contribution in [0.4, 0.5) is 0 Å². The van der Waals surface area contributed by atoms with Crippen LogP contribution in [0.15, 0.2) is 77.3 Å². The first-order chi connectivity index (χ1) is 20.0. The van der Waals surface area contributed by atoms with Gasteiger partial charge in [0.25, 0.3) is 0 Å². The summed E-state index contributed by atoms with van der Waals surface area (Å²) in [4.78, 5) is 30.6. The number of rotatable bonds is 11. The van der Waals surface area contributed by atoms with Crippen molar-refractivity contribution in [3.8, 4) is 5.69 Å². The van der Waals surface area contributed by atoms with E-state index in [1.54, 1.807) is 23.1 Å². The van der Waals surface area contributed by atoms with Crippen LogP contribution in [0.3, 0.4) is 0 Å². The number of benzene rings is 2. The summed E-state index contributed by atoms with van der Waals surface area (Å²) in [6, 6.07) is 22.8. The molecule has 0 N–H and O–H groups in total. The molecule has 214 valence electrons. The monoisotopic (exact) mass is 587 g/mol. The normalized spacial score (nSPS) is 15.3. The summed E-state index contributed by atoms with van der Waals surface area (Å²) in [7, 11) is 0. The largest absolute Gasteiger partial charge is 0.339 e. The van der Waals surface area contributed by atoms with Crippen LogP contribution >= 0.6 is 23.1 Å². The van der Waals surface area contributed by atoms with Crippen LogP contribution in [0.5, 0.6) is 0 Å². The van der Waals surface area contributed by atoms with E-state index in [0.717, 1.165) is 40.1 Å². The van der Waals surface area contributed by atoms with Gasteiger partial charge >= 0.3 is 0 Å². The van der Waals surface area contributed by atoms with Crippen molar-refractivity contribution in [3.05, 3.63) is 93.9 Å². The smallest absolute Gasteiger partial charge is 0.228 e. The van der Waals surface area contributed by atoms with Gasteiger partial charge < -0.3 is 9.80 Å². The number of unbranched alkanes of at least 4 members (excludes halogenated alkanes) is 1. The van der Waals surface area contributed by atoms with Crippen LogP contribution < -0.4 is 0 Å². The van der Waals surface area contributed by atoms with Crippen molar-refractivity contribution >= 4 is 34.9 Å². The summed E-state index contributed by atoms with van der Waals surface area (Å²) in [5.74, 6) is 2.11. The molecule has 2 aromatic heterocycles. The third-order valence-electron chi connectivity index (χ3n) is 7.42. The van der Waals surface area contributed by atoms with E-state index in [1.807, 2.05) is 52.4 Å². The Kier molecular flexibility index (Phi) is 9.90. The van der Waals surface area contributed by atoms with Gasteiger partial charge in [0, 0.05) is 54.8 Å². The number of nitrogens with zero attached hydrogens (tertiary/aromatic N) is 5. The lowest BCUT2D eigenvalue weighted by Gasteiger charge is -2.40. The van der Waals surface area contributed by atoms with Crippen molar-refractivity contribution < 1.29 is 9.59 Å². The summed E-state index contributed by atoms with van der Waals surface area (Å²) in [5, 5.41) is 12.0. The minimum Gasteiger partial charge on any atom is -0.339 e. The number of aryl methyl sites for hydroxylation is 1. The van der Waals surface area contributed by atoms with Crippen LogP contribution in [0.2, 0.25) is 0 Å². The molecule has 2 amide bonds. The molecule has 0 spiro atoms. The fourth-order valence-corrected chi connectivity index (χ4v) is 6.82. The van der Waals surface area contributed by atoms with Crippen molar-refractivity contribution in [2.24, 2.45) is 0 Å². The summed E-state index contributed by atoms with van der Waals surface area (Å²) in [5.41, 5.74) is 3.47. The molecule has 9 heteroatoms. The quantitative estimate of drug-likeness (QED) is 0.164. The van der Waals surface area contributed by atoms with Gasteiger partial charge in [0.1, 0.15) is 5.82 Å². The van der Waals surface area contributed by atoms with Crippen molar-refractivity contribution in [2.45, 2.75) is 57.1 Å². The first-order valence-corrected chi connectivity index (χ1v) is 16.1. The number of thioether (sulfide) groups is 1. The van der Waals surface area contributed by atoms with E-state index in [2.05, 4.69) is 58.1 Å². The summed E-state index contributed by atoms with van der Waals surface area (Å²) in [6.07, 6.45) is 3.43. The molecule has 1 aliphatic heterocycles. The number of hydrogen-bond acceptors (Lipinski definition) is 6. The summed E-state index contributed by atoms with van der Waals surface area (Å²) < 4.78 is 2.16. The Labute approximate surface area is 250 Å². The van der Waals surface area contributed by atoms with Crippen molar-refractivity contribution in [2.75, 3.05) is 25.4 Å². The SMILES string of the molecule is Cc1ccc(-n2c(Cc3ccccc3)nnc2SCCCCC(=O)N2CCN(C(=O)Cc3cccs3)C(C)C2)cc1. The van der Waals surface area contributed by atoms with Gasteiger partial charge in [-0.3, -0.25) is 14.2 Å². The predicted octanol–water partition coefficient (Wildman–Crippen LogP) is 5.79. The fraction of sp³-hybridized carbons (Fsp3) is 0.375. The zero-order valence-electron chi connectivity index (χ0n) is 23.7. The maximum absolute atomic E-state index is 12.9. The predicted molar refractivity (Wildman–Crippen MR) is 166 cm³/mol. The lowest BCUT2D eigenvalue weighted by molar-refractivity contribution is -0.142. The van der Waals surface area contributed by atoms with E-state index in [-0.39, 0.29) is 17.9 Å². The van der Waals surface area contributed by atoms with E-state index in [1.165, 1.54) is 11.1 Å². The molecule has 1 fully saturated rings. The highest BCUT2D eigenvalue weighted by atomic mass is 32.2. The summed E-state index contributed by atoms with van der Waals surface area (Å²) in [6.45, 7) is 5.95. The Morgan fingerprint density at radius 3 is 2.49 bits per heavy atom. The number of carbonyl (C=O) groups is 2. The molecule has 0 saturated carbocycles. The van der Waals surface area contributed by atoms with Crippen LogP contribution in [0.25, 0.3) is 5.69 Å². The lowest BCUT2D eigenvalue weighted by Crippen LogP contribution is -2.55. The van der Waals surface area contributed by atoms with Gasteiger partial charge in [0.15, 0.2) is 5.16 Å². The third kappa shape index (κ3) is 7.65. The average molecular weight is 588 g/mol. The molecule has 5 rings (SSSR count). The number of aromatic nitrogens is 3. The van der Waals surface area contributed by atoms with Crippen LogP contribution in [-0.4, -0.2) is 67.8 Å². The topological polar surface area (TPSA) is 71.3 Å². The molecule has 1 unspecified atom stereocenters. The van der Waals surface area contributed by atoms with Crippen LogP contribution in [0, 0.1) is 6.92 Å². The maximum Gasteiger partial charge on any atom is 0.228 e. The molecule has 4 aromatic rings. The highest BCUT2D eigenvalue weighted by Gasteiger charge is 2.29. The second-order valence-corrected chi connectivity index (χ2v) is 12.7.